The van der Waals surface area contributed by atoms with Crippen molar-refractivity contribution in [3.05, 3.63) is 59.7 Å². The molecule has 1 N–H and O–H groups in total. The van der Waals surface area contributed by atoms with Crippen molar-refractivity contribution in [3.8, 4) is 5.75 Å². The Bertz CT molecular complexity index is 1050. The molecule has 2 aromatic rings. The monoisotopic (exact) mass is 475 g/mol. The average Bonchev–Trinajstić information content (AvgIpc) is 2.80. The van der Waals surface area contributed by atoms with Gasteiger partial charge in [-0.15, -0.1) is 0 Å². The first-order chi connectivity index (χ1) is 15.6. The van der Waals surface area contributed by atoms with Crippen LogP contribution in [0.5, 0.6) is 5.75 Å². The van der Waals surface area contributed by atoms with E-state index in [9.17, 15) is 18.0 Å². The first kappa shape index (κ1) is 26.2. The normalized spacial score (nSPS) is 12.0. The molecule has 0 aromatic heterocycles. The van der Waals surface area contributed by atoms with E-state index in [0.717, 1.165) is 28.1 Å². The van der Waals surface area contributed by atoms with Gasteiger partial charge in [-0.2, -0.15) is 0 Å². The second kappa shape index (κ2) is 11.7. The summed E-state index contributed by atoms with van der Waals surface area (Å²) in [6.07, 6.45) is 1.88. The average molecular weight is 476 g/mol. The van der Waals surface area contributed by atoms with Gasteiger partial charge in [-0.25, -0.2) is 8.42 Å². The third-order valence-electron chi connectivity index (χ3n) is 5.32. The molecule has 0 saturated carbocycles. The fourth-order valence-corrected chi connectivity index (χ4v) is 4.23. The number of rotatable bonds is 11. The van der Waals surface area contributed by atoms with E-state index in [2.05, 4.69) is 5.32 Å². The van der Waals surface area contributed by atoms with E-state index in [0.29, 0.717) is 18.0 Å². The van der Waals surface area contributed by atoms with Gasteiger partial charge in [0.05, 0.1) is 19.1 Å². The maximum absolute atomic E-state index is 13.4. The Morgan fingerprint density at radius 1 is 1.06 bits per heavy atom. The topological polar surface area (TPSA) is 96.0 Å². The highest BCUT2D eigenvalue weighted by Gasteiger charge is 2.30. The largest absolute Gasteiger partial charge is 0.497 e. The van der Waals surface area contributed by atoms with Gasteiger partial charge in [-0.3, -0.25) is 13.9 Å². The molecule has 2 rings (SSSR count). The van der Waals surface area contributed by atoms with Crippen LogP contribution in [0.15, 0.2) is 48.5 Å². The number of nitrogens with zero attached hydrogens (tertiary/aromatic N) is 2. The number of carbonyl (C=O) groups excluding carboxylic acids is 2. The van der Waals surface area contributed by atoms with Crippen LogP contribution in [0, 0.1) is 0 Å². The van der Waals surface area contributed by atoms with Crippen molar-refractivity contribution in [1.82, 2.24) is 10.2 Å². The van der Waals surface area contributed by atoms with Crippen molar-refractivity contribution in [3.63, 3.8) is 0 Å². The molecule has 2 aromatic carbocycles. The zero-order valence-electron chi connectivity index (χ0n) is 19.9. The third-order valence-corrected chi connectivity index (χ3v) is 6.46. The lowest BCUT2D eigenvalue weighted by molar-refractivity contribution is -0.139. The number of anilines is 1. The van der Waals surface area contributed by atoms with Crippen molar-refractivity contribution < 1.29 is 22.7 Å². The lowest BCUT2D eigenvalue weighted by atomic mass is 10.1. The number of hydrogen-bond donors (Lipinski definition) is 1. The quantitative estimate of drug-likeness (QED) is 0.539. The van der Waals surface area contributed by atoms with Crippen LogP contribution in [-0.4, -0.2) is 57.6 Å². The summed E-state index contributed by atoms with van der Waals surface area (Å²) >= 11 is 0. The van der Waals surface area contributed by atoms with E-state index in [1.165, 1.54) is 4.90 Å². The van der Waals surface area contributed by atoms with Crippen LogP contribution < -0.4 is 14.4 Å². The van der Waals surface area contributed by atoms with Gasteiger partial charge in [0.1, 0.15) is 18.3 Å². The van der Waals surface area contributed by atoms with E-state index in [-0.39, 0.29) is 12.5 Å². The first-order valence-electron chi connectivity index (χ1n) is 10.9. The van der Waals surface area contributed by atoms with Crippen molar-refractivity contribution in [2.24, 2.45) is 0 Å². The van der Waals surface area contributed by atoms with E-state index >= 15 is 0 Å². The number of benzene rings is 2. The number of amides is 2. The van der Waals surface area contributed by atoms with Crippen LogP contribution in [0.2, 0.25) is 0 Å². The summed E-state index contributed by atoms with van der Waals surface area (Å²) in [4.78, 5) is 27.4. The Labute approximate surface area is 196 Å². The molecule has 180 valence electrons. The van der Waals surface area contributed by atoms with Crippen LogP contribution >= 0.6 is 0 Å². The molecule has 0 bridgehead atoms. The molecule has 0 aliphatic carbocycles. The summed E-state index contributed by atoms with van der Waals surface area (Å²) in [5.74, 6) is -0.173. The first-order valence-corrected chi connectivity index (χ1v) is 12.7. The highest BCUT2D eigenvalue weighted by atomic mass is 32.2. The molecule has 0 aliphatic heterocycles. The van der Waals surface area contributed by atoms with Crippen molar-refractivity contribution in [2.45, 2.75) is 39.8 Å². The molecule has 2 amide bonds. The van der Waals surface area contributed by atoms with Crippen LogP contribution in [0.4, 0.5) is 5.69 Å². The SMILES string of the molecule is CCNC(=O)C(C)N(Cc1cccc(OC)c1)C(=O)CN(c1ccc(CC)cc1)S(C)(=O)=O. The third kappa shape index (κ3) is 7.21. The van der Waals surface area contributed by atoms with E-state index < -0.39 is 28.5 Å². The van der Waals surface area contributed by atoms with Crippen LogP contribution in [-0.2, 0) is 32.6 Å². The molecule has 9 heteroatoms. The lowest BCUT2D eigenvalue weighted by Gasteiger charge is -2.31. The molecule has 0 heterocycles. The fraction of sp³-hybridized carbons (Fsp3) is 0.417. The Hall–Kier alpha value is -3.07. The number of nitrogens with one attached hydrogen (secondary N) is 1. The van der Waals surface area contributed by atoms with Gasteiger partial charge in [-0.1, -0.05) is 31.2 Å². The minimum absolute atomic E-state index is 0.126. The number of likely N-dealkylation sites (N-methyl/N-ethyl adjacent to an activating group) is 1. The fourth-order valence-electron chi connectivity index (χ4n) is 3.38. The Morgan fingerprint density at radius 3 is 2.27 bits per heavy atom. The van der Waals surface area contributed by atoms with Crippen molar-refractivity contribution in [1.29, 1.82) is 0 Å². The maximum atomic E-state index is 13.4. The number of hydrogen-bond acceptors (Lipinski definition) is 5. The number of methoxy groups -OCH3 is 1. The summed E-state index contributed by atoms with van der Waals surface area (Å²) in [5, 5.41) is 2.73. The number of carbonyl (C=O) groups is 2. The Balaban J connectivity index is 2.38. The minimum Gasteiger partial charge on any atom is -0.497 e. The van der Waals surface area contributed by atoms with Crippen molar-refractivity contribution in [2.75, 3.05) is 30.8 Å². The predicted molar refractivity (Wildman–Crippen MR) is 130 cm³/mol. The van der Waals surface area contributed by atoms with E-state index in [4.69, 9.17) is 4.74 Å². The molecule has 0 fully saturated rings. The number of ether oxygens (including phenoxy) is 1. The van der Waals surface area contributed by atoms with Crippen LogP contribution in [0.1, 0.15) is 31.9 Å². The zero-order valence-corrected chi connectivity index (χ0v) is 20.7. The number of sulfonamides is 1. The Morgan fingerprint density at radius 2 is 1.73 bits per heavy atom. The van der Waals surface area contributed by atoms with Gasteiger partial charge in [0.2, 0.25) is 21.8 Å². The molecule has 8 nitrogen and oxygen atoms in total. The standard InChI is InChI=1S/C24H33N3O5S/c1-6-19-11-13-21(14-12-19)27(33(5,30)31)17-23(28)26(18(3)24(29)25-7-2)16-20-9-8-10-22(15-20)32-4/h8-15,18H,6-7,16-17H2,1-5H3,(H,25,29). The van der Waals surface area contributed by atoms with Gasteiger partial charge >= 0.3 is 0 Å². The molecule has 0 saturated heterocycles. The second-order valence-corrected chi connectivity index (χ2v) is 9.64. The molecule has 0 spiro atoms. The van der Waals surface area contributed by atoms with Gasteiger partial charge in [-0.05, 0) is 55.7 Å². The second-order valence-electron chi connectivity index (χ2n) is 7.73. The van der Waals surface area contributed by atoms with Gasteiger partial charge in [0, 0.05) is 13.1 Å². The molecular formula is C24H33N3O5S. The Kier molecular flexibility index (Phi) is 9.28. The molecule has 0 aliphatic rings. The summed E-state index contributed by atoms with van der Waals surface area (Å²) < 4.78 is 31.4. The summed E-state index contributed by atoms with van der Waals surface area (Å²) in [6.45, 7) is 5.56. The molecule has 0 radical (unpaired) electrons. The molecule has 1 atom stereocenters. The molecule has 33 heavy (non-hydrogen) atoms. The van der Waals surface area contributed by atoms with Crippen LogP contribution in [0.25, 0.3) is 0 Å². The summed E-state index contributed by atoms with van der Waals surface area (Å²) in [6, 6.07) is 13.4. The minimum atomic E-state index is -3.74. The highest BCUT2D eigenvalue weighted by Crippen LogP contribution is 2.21. The zero-order chi connectivity index (χ0) is 24.6. The van der Waals surface area contributed by atoms with E-state index in [1.54, 1.807) is 51.3 Å². The van der Waals surface area contributed by atoms with Gasteiger partial charge in [0.15, 0.2) is 0 Å². The molecule has 1 unspecified atom stereocenters. The summed E-state index contributed by atoms with van der Waals surface area (Å²) in [5.41, 5.74) is 2.22. The van der Waals surface area contributed by atoms with Crippen LogP contribution in [0.3, 0.4) is 0 Å². The van der Waals surface area contributed by atoms with Crippen molar-refractivity contribution >= 4 is 27.5 Å². The number of aryl methyl sites for hydroxylation is 1. The molecular weight excluding hydrogens is 442 g/mol. The smallest absolute Gasteiger partial charge is 0.244 e. The van der Waals surface area contributed by atoms with E-state index in [1.807, 2.05) is 25.1 Å². The van der Waals surface area contributed by atoms with Gasteiger partial charge in [0.25, 0.3) is 0 Å². The summed E-state index contributed by atoms with van der Waals surface area (Å²) in [7, 11) is -2.19. The highest BCUT2D eigenvalue weighted by molar-refractivity contribution is 7.92. The maximum Gasteiger partial charge on any atom is 0.244 e. The predicted octanol–water partition coefficient (Wildman–Crippen LogP) is 2.58. The lowest BCUT2D eigenvalue weighted by Crippen LogP contribution is -2.51. The van der Waals surface area contributed by atoms with Gasteiger partial charge < -0.3 is 15.0 Å².